The van der Waals surface area contributed by atoms with Crippen molar-refractivity contribution in [1.82, 2.24) is 15.2 Å². The van der Waals surface area contributed by atoms with Gasteiger partial charge in [0.1, 0.15) is 9.88 Å². The van der Waals surface area contributed by atoms with Gasteiger partial charge in [0, 0.05) is 17.7 Å². The van der Waals surface area contributed by atoms with Gasteiger partial charge in [-0.2, -0.15) is 26.3 Å². The van der Waals surface area contributed by atoms with Crippen LogP contribution in [0.5, 0.6) is 0 Å². The van der Waals surface area contributed by atoms with E-state index in [2.05, 4.69) is 21.8 Å². The second-order valence-corrected chi connectivity index (χ2v) is 9.25. The second-order valence-electron chi connectivity index (χ2n) is 8.25. The first-order valence-electron chi connectivity index (χ1n) is 11.0. The molecule has 0 aromatic carbocycles. The minimum Gasteiger partial charge on any atom is -0.351 e. The van der Waals surface area contributed by atoms with E-state index in [-0.39, 0.29) is 27.4 Å². The quantitative estimate of drug-likeness (QED) is 0.236. The summed E-state index contributed by atoms with van der Waals surface area (Å²) in [6.45, 7) is 9.27. The van der Waals surface area contributed by atoms with Gasteiger partial charge in [0.05, 0.1) is 11.3 Å². The van der Waals surface area contributed by atoms with E-state index >= 15 is 0 Å². The molecular weight excluding hydrogens is 480 g/mol. The molecule has 1 amide bonds. The number of thiazole rings is 1. The summed E-state index contributed by atoms with van der Waals surface area (Å²) in [4.78, 5) is 19.2. The maximum absolute atomic E-state index is 13.3. The third-order valence-electron chi connectivity index (χ3n) is 5.39. The Labute approximate surface area is 199 Å². The Bertz CT molecular complexity index is 924. The molecule has 0 radical (unpaired) electrons. The molecule has 0 unspecified atom stereocenters. The third kappa shape index (κ3) is 8.57. The number of unbranched alkanes of at least 4 members (excludes halogenated alkanes) is 1. The Morgan fingerprint density at radius 1 is 1.09 bits per heavy atom. The van der Waals surface area contributed by atoms with Crippen LogP contribution in [0.15, 0.2) is 29.9 Å². The molecular formula is C23H29F6N3OS. The standard InChI is InChI=1S/C23H29F6N3OS/c1-15(13-18(23(27,28)29)14-16(2)22(24,25)26)21-31-17(3)19(34-21)20(33)30-9-5-8-12-32-10-6-4-7-11-32/h13-14H,1,4-12H2,2-3H3,(H,30,33)/b16-14+,18-13+. The summed E-state index contributed by atoms with van der Waals surface area (Å²) in [5, 5.41) is 2.83. The molecule has 1 aliphatic heterocycles. The molecule has 0 bridgehead atoms. The van der Waals surface area contributed by atoms with E-state index < -0.39 is 23.5 Å². The zero-order valence-electron chi connectivity index (χ0n) is 19.2. The Kier molecular flexibility index (Phi) is 9.93. The molecule has 1 N–H and O–H groups in total. The van der Waals surface area contributed by atoms with Gasteiger partial charge in [-0.1, -0.05) is 13.0 Å². The Hall–Kier alpha value is -2.14. The molecule has 1 aromatic heterocycles. The highest BCUT2D eigenvalue weighted by Crippen LogP contribution is 2.34. The number of likely N-dealkylation sites (tertiary alicyclic amines) is 1. The number of hydrogen-bond donors (Lipinski definition) is 1. The predicted octanol–water partition coefficient (Wildman–Crippen LogP) is 6.46. The van der Waals surface area contributed by atoms with Gasteiger partial charge in [0.15, 0.2) is 0 Å². The molecule has 2 heterocycles. The molecule has 1 aliphatic rings. The topological polar surface area (TPSA) is 45.2 Å². The van der Waals surface area contributed by atoms with Crippen molar-refractivity contribution in [1.29, 1.82) is 0 Å². The lowest BCUT2D eigenvalue weighted by Crippen LogP contribution is -2.31. The Balaban J connectivity index is 2.01. The number of piperidine rings is 1. The van der Waals surface area contributed by atoms with E-state index in [1.54, 1.807) is 6.92 Å². The van der Waals surface area contributed by atoms with Crippen molar-refractivity contribution in [3.05, 3.63) is 45.5 Å². The van der Waals surface area contributed by atoms with Gasteiger partial charge in [-0.3, -0.25) is 4.79 Å². The van der Waals surface area contributed by atoms with E-state index in [1.807, 2.05) is 0 Å². The van der Waals surface area contributed by atoms with Crippen LogP contribution in [0.3, 0.4) is 0 Å². The highest BCUT2D eigenvalue weighted by Gasteiger charge is 2.36. The minimum absolute atomic E-state index is 0.0309. The number of nitrogens with one attached hydrogen (secondary N) is 1. The van der Waals surface area contributed by atoms with Crippen molar-refractivity contribution >= 4 is 22.8 Å². The van der Waals surface area contributed by atoms with Crippen molar-refractivity contribution < 1.29 is 31.1 Å². The molecule has 0 aliphatic carbocycles. The van der Waals surface area contributed by atoms with Gasteiger partial charge < -0.3 is 10.2 Å². The molecule has 34 heavy (non-hydrogen) atoms. The summed E-state index contributed by atoms with van der Waals surface area (Å²) in [6.07, 6.45) is -3.92. The number of carbonyl (C=O) groups is 1. The third-order valence-corrected chi connectivity index (χ3v) is 6.62. The van der Waals surface area contributed by atoms with Crippen LogP contribution in [0.25, 0.3) is 5.57 Å². The number of nitrogens with zero attached hydrogens (tertiary/aromatic N) is 2. The second kappa shape index (κ2) is 12.0. The van der Waals surface area contributed by atoms with Crippen LogP contribution in [0.2, 0.25) is 0 Å². The van der Waals surface area contributed by atoms with E-state index in [0.717, 1.165) is 43.8 Å². The van der Waals surface area contributed by atoms with Gasteiger partial charge in [-0.15, -0.1) is 11.3 Å². The maximum Gasteiger partial charge on any atom is 0.416 e. The molecule has 0 saturated carbocycles. The highest BCUT2D eigenvalue weighted by molar-refractivity contribution is 7.14. The summed E-state index contributed by atoms with van der Waals surface area (Å²) in [5.74, 6) is -0.389. The van der Waals surface area contributed by atoms with E-state index in [9.17, 15) is 31.1 Å². The zero-order valence-corrected chi connectivity index (χ0v) is 20.0. The lowest BCUT2D eigenvalue weighted by molar-refractivity contribution is -0.0953. The van der Waals surface area contributed by atoms with E-state index in [4.69, 9.17) is 0 Å². The molecule has 4 nitrogen and oxygen atoms in total. The van der Waals surface area contributed by atoms with Crippen LogP contribution < -0.4 is 5.32 Å². The van der Waals surface area contributed by atoms with Crippen LogP contribution in [0.4, 0.5) is 26.3 Å². The van der Waals surface area contributed by atoms with Crippen molar-refractivity contribution in [3.8, 4) is 0 Å². The fourth-order valence-corrected chi connectivity index (χ4v) is 4.36. The molecule has 2 rings (SSSR count). The number of aromatic nitrogens is 1. The number of alkyl halides is 6. The molecule has 1 saturated heterocycles. The first kappa shape index (κ1) is 28.1. The van der Waals surface area contributed by atoms with Gasteiger partial charge in [0.2, 0.25) is 0 Å². The summed E-state index contributed by atoms with van der Waals surface area (Å²) >= 11 is 0.854. The Morgan fingerprint density at radius 2 is 1.74 bits per heavy atom. The molecule has 11 heteroatoms. The highest BCUT2D eigenvalue weighted by atomic mass is 32.1. The predicted molar refractivity (Wildman–Crippen MR) is 122 cm³/mol. The monoisotopic (exact) mass is 509 g/mol. The van der Waals surface area contributed by atoms with Crippen LogP contribution in [-0.2, 0) is 0 Å². The summed E-state index contributed by atoms with van der Waals surface area (Å²) in [6, 6.07) is 0. The Morgan fingerprint density at radius 3 is 2.32 bits per heavy atom. The van der Waals surface area contributed by atoms with Crippen molar-refractivity contribution in [2.45, 2.75) is 58.3 Å². The number of halogens is 6. The first-order valence-corrected chi connectivity index (χ1v) is 11.8. The van der Waals surface area contributed by atoms with Crippen LogP contribution in [0, 0.1) is 6.92 Å². The van der Waals surface area contributed by atoms with Crippen LogP contribution in [0.1, 0.15) is 59.4 Å². The molecule has 190 valence electrons. The fraction of sp³-hybridized carbons (Fsp3) is 0.565. The van der Waals surface area contributed by atoms with Gasteiger partial charge in [-0.05, 0) is 71.3 Å². The number of aryl methyl sites for hydroxylation is 1. The van der Waals surface area contributed by atoms with Crippen molar-refractivity contribution in [3.63, 3.8) is 0 Å². The van der Waals surface area contributed by atoms with Crippen molar-refractivity contribution in [2.24, 2.45) is 0 Å². The number of rotatable bonds is 9. The lowest BCUT2D eigenvalue weighted by atomic mass is 10.1. The SMILES string of the molecule is C=C(/C=C(\C=C(/C)C(F)(F)F)C(F)(F)F)c1nc(C)c(C(=O)NCCCCN2CCCCC2)s1. The van der Waals surface area contributed by atoms with Crippen LogP contribution >= 0.6 is 11.3 Å². The smallest absolute Gasteiger partial charge is 0.351 e. The zero-order chi connectivity index (χ0) is 25.5. The molecule has 1 aromatic rings. The summed E-state index contributed by atoms with van der Waals surface area (Å²) < 4.78 is 77.9. The number of hydrogen-bond acceptors (Lipinski definition) is 4. The fourth-order valence-electron chi connectivity index (χ4n) is 3.44. The van der Waals surface area contributed by atoms with Crippen molar-refractivity contribution in [2.75, 3.05) is 26.2 Å². The van der Waals surface area contributed by atoms with Gasteiger partial charge in [-0.25, -0.2) is 4.98 Å². The van der Waals surface area contributed by atoms with E-state index in [0.29, 0.717) is 25.2 Å². The maximum atomic E-state index is 13.3. The summed E-state index contributed by atoms with van der Waals surface area (Å²) in [5.41, 5.74) is -2.80. The molecule has 0 spiro atoms. The molecule has 1 fully saturated rings. The minimum atomic E-state index is -5.02. The molecule has 0 atom stereocenters. The first-order chi connectivity index (χ1) is 15.8. The number of allylic oxidation sites excluding steroid dienone is 5. The van der Waals surface area contributed by atoms with Gasteiger partial charge in [0.25, 0.3) is 5.91 Å². The normalized spacial score (nSPS) is 16.6. The van der Waals surface area contributed by atoms with Gasteiger partial charge >= 0.3 is 12.4 Å². The average molecular weight is 510 g/mol. The summed E-state index contributed by atoms with van der Waals surface area (Å²) in [7, 11) is 0. The van der Waals surface area contributed by atoms with E-state index in [1.165, 1.54) is 19.3 Å². The largest absolute Gasteiger partial charge is 0.416 e. The van der Waals surface area contributed by atoms with Crippen LogP contribution in [-0.4, -0.2) is 54.3 Å². The number of carbonyl (C=O) groups excluding carboxylic acids is 1. The number of amides is 1. The lowest BCUT2D eigenvalue weighted by Gasteiger charge is -2.26. The average Bonchev–Trinajstić information content (AvgIpc) is 3.14.